The van der Waals surface area contributed by atoms with E-state index in [-0.39, 0.29) is 27.6 Å². The molecule has 2 rings (SSSR count). The number of carbonyl (C=O) groups excluding carboxylic acids is 1. The number of hydrogen-bond acceptors (Lipinski definition) is 5. The van der Waals surface area contributed by atoms with Gasteiger partial charge in [0.2, 0.25) is 0 Å². The summed E-state index contributed by atoms with van der Waals surface area (Å²) in [7, 11) is 0. The van der Waals surface area contributed by atoms with E-state index in [0.29, 0.717) is 16.3 Å². The summed E-state index contributed by atoms with van der Waals surface area (Å²) in [5.74, 6) is -0.448. The molecule has 2 aromatic rings. The van der Waals surface area contributed by atoms with Crippen molar-refractivity contribution < 1.29 is 9.90 Å². The number of nitrogens with zero attached hydrogens (tertiary/aromatic N) is 2. The minimum absolute atomic E-state index is 0.0688. The van der Waals surface area contributed by atoms with Gasteiger partial charge in [-0.15, -0.1) is 5.10 Å². The summed E-state index contributed by atoms with van der Waals surface area (Å²) in [4.78, 5) is 12.6. The Bertz CT molecular complexity index is 635. The van der Waals surface area contributed by atoms with Crippen LogP contribution in [0.15, 0.2) is 12.1 Å². The minimum Gasteiger partial charge on any atom is -0.505 e. The Morgan fingerprint density at radius 2 is 1.95 bits per heavy atom. The van der Waals surface area contributed by atoms with Gasteiger partial charge in [0, 0.05) is 5.69 Å². The topological polar surface area (TPSA) is 75.1 Å². The molecule has 0 fully saturated rings. The van der Waals surface area contributed by atoms with Gasteiger partial charge in [0.1, 0.15) is 4.88 Å². The lowest BCUT2D eigenvalue weighted by atomic mass is 10.1. The number of anilines is 1. The maximum atomic E-state index is 12.2. The molecular weight excluding hydrogens is 321 g/mol. The number of amides is 1. The van der Waals surface area contributed by atoms with Crippen molar-refractivity contribution in [3.63, 3.8) is 0 Å². The maximum absolute atomic E-state index is 12.2. The third-order valence-corrected chi connectivity index (χ3v) is 3.86. The summed E-state index contributed by atoms with van der Waals surface area (Å²) >= 11 is 12.6. The molecule has 0 aliphatic heterocycles. The van der Waals surface area contributed by atoms with E-state index in [1.807, 2.05) is 13.8 Å². The van der Waals surface area contributed by atoms with Gasteiger partial charge in [-0.1, -0.05) is 41.5 Å². The normalized spacial score (nSPS) is 10.8. The van der Waals surface area contributed by atoms with Gasteiger partial charge in [0.05, 0.1) is 15.7 Å². The summed E-state index contributed by atoms with van der Waals surface area (Å²) in [6.07, 6.45) is 0. The van der Waals surface area contributed by atoms with Crippen molar-refractivity contribution in [2.45, 2.75) is 19.8 Å². The van der Waals surface area contributed by atoms with Crippen molar-refractivity contribution in [3.05, 3.63) is 32.7 Å². The molecule has 8 heteroatoms. The zero-order valence-corrected chi connectivity index (χ0v) is 13.0. The van der Waals surface area contributed by atoms with Crippen LogP contribution in [0.3, 0.4) is 0 Å². The fourth-order valence-electron chi connectivity index (χ4n) is 1.56. The first kappa shape index (κ1) is 15.0. The first-order valence-electron chi connectivity index (χ1n) is 5.71. The first-order chi connectivity index (χ1) is 9.40. The number of halogens is 2. The molecule has 0 spiro atoms. The first-order valence-corrected chi connectivity index (χ1v) is 7.24. The number of rotatable bonds is 3. The zero-order chi connectivity index (χ0) is 14.9. The Labute approximate surface area is 129 Å². The molecule has 0 unspecified atom stereocenters. The Morgan fingerprint density at radius 1 is 1.35 bits per heavy atom. The van der Waals surface area contributed by atoms with Gasteiger partial charge in [0.25, 0.3) is 5.91 Å². The predicted octanol–water partition coefficient (Wildman–Crippen LogP) is 3.93. The molecule has 0 saturated carbocycles. The fraction of sp³-hybridized carbons (Fsp3) is 0.250. The summed E-state index contributed by atoms with van der Waals surface area (Å²) in [6, 6.07) is 2.84. The highest BCUT2D eigenvalue weighted by Gasteiger charge is 2.19. The van der Waals surface area contributed by atoms with Crippen LogP contribution in [0.2, 0.25) is 10.0 Å². The number of aromatic nitrogens is 2. The number of benzene rings is 1. The molecule has 1 amide bonds. The number of phenolic OH excluding ortho intramolecular Hbond substituents is 1. The Hall–Kier alpha value is -1.37. The SMILES string of the molecule is CC(C)c1nnsc1C(=O)Nc1cc(Cl)c(O)c(Cl)c1. The molecule has 106 valence electrons. The van der Waals surface area contributed by atoms with Crippen molar-refractivity contribution >= 4 is 46.3 Å². The van der Waals surface area contributed by atoms with Gasteiger partial charge in [-0.3, -0.25) is 4.79 Å². The van der Waals surface area contributed by atoms with E-state index in [1.54, 1.807) is 0 Å². The number of hydrogen-bond donors (Lipinski definition) is 2. The van der Waals surface area contributed by atoms with Crippen molar-refractivity contribution in [2.75, 3.05) is 5.32 Å². The lowest BCUT2D eigenvalue weighted by Gasteiger charge is -2.08. The summed E-state index contributed by atoms with van der Waals surface area (Å²) in [6.45, 7) is 3.86. The van der Waals surface area contributed by atoms with Gasteiger partial charge in [0.15, 0.2) is 5.75 Å². The van der Waals surface area contributed by atoms with Crippen LogP contribution in [-0.4, -0.2) is 20.6 Å². The van der Waals surface area contributed by atoms with Gasteiger partial charge in [-0.05, 0) is 29.6 Å². The molecule has 0 aliphatic carbocycles. The van der Waals surface area contributed by atoms with Crippen LogP contribution in [0.4, 0.5) is 5.69 Å². The fourth-order valence-corrected chi connectivity index (χ4v) is 2.76. The molecule has 0 aliphatic rings. The second kappa shape index (κ2) is 5.95. The maximum Gasteiger partial charge on any atom is 0.269 e. The predicted molar refractivity (Wildman–Crippen MR) is 80.1 cm³/mol. The van der Waals surface area contributed by atoms with E-state index >= 15 is 0 Å². The van der Waals surface area contributed by atoms with Crippen molar-refractivity contribution in [1.82, 2.24) is 9.59 Å². The highest BCUT2D eigenvalue weighted by molar-refractivity contribution is 7.08. The zero-order valence-electron chi connectivity index (χ0n) is 10.6. The molecular formula is C12H11Cl2N3O2S. The molecule has 0 bridgehead atoms. The van der Waals surface area contributed by atoms with E-state index in [2.05, 4.69) is 14.9 Å². The van der Waals surface area contributed by atoms with E-state index in [9.17, 15) is 9.90 Å². The number of nitrogens with one attached hydrogen (secondary N) is 1. The van der Waals surface area contributed by atoms with Gasteiger partial charge < -0.3 is 10.4 Å². The largest absolute Gasteiger partial charge is 0.505 e. The Morgan fingerprint density at radius 3 is 2.50 bits per heavy atom. The molecule has 0 atom stereocenters. The van der Waals surface area contributed by atoms with Gasteiger partial charge in [-0.25, -0.2) is 0 Å². The van der Waals surface area contributed by atoms with Crippen LogP contribution < -0.4 is 5.32 Å². The van der Waals surface area contributed by atoms with E-state index in [4.69, 9.17) is 23.2 Å². The average molecular weight is 332 g/mol. The lowest BCUT2D eigenvalue weighted by molar-refractivity contribution is 0.102. The van der Waals surface area contributed by atoms with Crippen molar-refractivity contribution in [3.8, 4) is 5.75 Å². The second-order valence-electron chi connectivity index (χ2n) is 4.38. The van der Waals surface area contributed by atoms with E-state index < -0.39 is 0 Å². The van der Waals surface area contributed by atoms with Crippen LogP contribution in [0, 0.1) is 0 Å². The number of phenols is 1. The summed E-state index contributed by atoms with van der Waals surface area (Å²) in [5, 5.41) is 16.2. The molecule has 1 heterocycles. The monoisotopic (exact) mass is 331 g/mol. The lowest BCUT2D eigenvalue weighted by Crippen LogP contribution is -2.13. The van der Waals surface area contributed by atoms with Gasteiger partial charge >= 0.3 is 0 Å². The van der Waals surface area contributed by atoms with Crippen molar-refractivity contribution in [1.29, 1.82) is 0 Å². The molecule has 0 radical (unpaired) electrons. The standard InChI is InChI=1S/C12H11Cl2N3O2S/c1-5(2)9-11(20-17-16-9)12(19)15-6-3-7(13)10(18)8(14)4-6/h3-5,18H,1-2H3,(H,15,19). The Balaban J connectivity index is 2.26. The molecule has 20 heavy (non-hydrogen) atoms. The van der Waals surface area contributed by atoms with Crippen molar-refractivity contribution in [2.24, 2.45) is 0 Å². The van der Waals surface area contributed by atoms with Crippen LogP contribution in [-0.2, 0) is 0 Å². The van der Waals surface area contributed by atoms with Crippen LogP contribution in [0.25, 0.3) is 0 Å². The Kier molecular flexibility index (Phi) is 4.47. The van der Waals surface area contributed by atoms with Crippen LogP contribution in [0.1, 0.15) is 35.1 Å². The van der Waals surface area contributed by atoms with Crippen LogP contribution >= 0.6 is 34.7 Å². The van der Waals surface area contributed by atoms with E-state index in [0.717, 1.165) is 11.5 Å². The highest BCUT2D eigenvalue weighted by Crippen LogP contribution is 2.35. The number of aromatic hydroxyl groups is 1. The summed E-state index contributed by atoms with van der Waals surface area (Å²) in [5.41, 5.74) is 1.04. The van der Waals surface area contributed by atoms with E-state index in [1.165, 1.54) is 12.1 Å². The second-order valence-corrected chi connectivity index (χ2v) is 5.95. The third-order valence-electron chi connectivity index (χ3n) is 2.54. The summed E-state index contributed by atoms with van der Waals surface area (Å²) < 4.78 is 3.79. The highest BCUT2D eigenvalue weighted by atomic mass is 35.5. The van der Waals surface area contributed by atoms with Gasteiger partial charge in [-0.2, -0.15) is 0 Å². The molecule has 0 saturated heterocycles. The van der Waals surface area contributed by atoms with Crippen LogP contribution in [0.5, 0.6) is 5.75 Å². The smallest absolute Gasteiger partial charge is 0.269 e. The molecule has 1 aromatic heterocycles. The third kappa shape index (κ3) is 3.03. The average Bonchev–Trinajstić information content (AvgIpc) is 2.85. The minimum atomic E-state index is -0.332. The molecule has 1 aromatic carbocycles. The number of carbonyl (C=O) groups is 1. The molecule has 5 nitrogen and oxygen atoms in total. The molecule has 2 N–H and O–H groups in total. The quantitative estimate of drug-likeness (QED) is 0.835.